The van der Waals surface area contributed by atoms with Crippen molar-refractivity contribution in [3.63, 3.8) is 0 Å². The van der Waals surface area contributed by atoms with Crippen LogP contribution in [0.2, 0.25) is 0 Å². The zero-order valence-electron chi connectivity index (χ0n) is 7.61. The SMILES string of the molecule is C=CCC=NC(=C)c1ccccc1. The monoisotopic (exact) mass is 171 g/mol. The van der Waals surface area contributed by atoms with Gasteiger partial charge in [0.15, 0.2) is 0 Å². The number of hydrogen-bond acceptors (Lipinski definition) is 1. The zero-order valence-corrected chi connectivity index (χ0v) is 7.61. The van der Waals surface area contributed by atoms with Gasteiger partial charge in [-0.2, -0.15) is 0 Å². The van der Waals surface area contributed by atoms with Crippen molar-refractivity contribution >= 4 is 11.9 Å². The van der Waals surface area contributed by atoms with Gasteiger partial charge in [-0.3, -0.25) is 4.99 Å². The number of rotatable bonds is 4. The summed E-state index contributed by atoms with van der Waals surface area (Å²) in [7, 11) is 0. The van der Waals surface area contributed by atoms with Gasteiger partial charge >= 0.3 is 0 Å². The minimum Gasteiger partial charge on any atom is -0.261 e. The molecule has 0 N–H and O–H groups in total. The third kappa shape index (κ3) is 3.08. The maximum Gasteiger partial charge on any atom is 0.0626 e. The van der Waals surface area contributed by atoms with Crippen molar-refractivity contribution in [2.75, 3.05) is 0 Å². The molecule has 13 heavy (non-hydrogen) atoms. The smallest absolute Gasteiger partial charge is 0.0626 e. The Morgan fingerprint density at radius 3 is 2.62 bits per heavy atom. The fraction of sp³-hybridized carbons (Fsp3) is 0.0833. The van der Waals surface area contributed by atoms with Crippen LogP contribution in [0.1, 0.15) is 12.0 Å². The van der Waals surface area contributed by atoms with Crippen molar-refractivity contribution in [2.45, 2.75) is 6.42 Å². The van der Waals surface area contributed by atoms with Crippen molar-refractivity contribution in [1.82, 2.24) is 0 Å². The van der Waals surface area contributed by atoms with Crippen molar-refractivity contribution in [1.29, 1.82) is 0 Å². The lowest BCUT2D eigenvalue weighted by atomic mass is 10.2. The van der Waals surface area contributed by atoms with Gasteiger partial charge in [0.2, 0.25) is 0 Å². The van der Waals surface area contributed by atoms with Gasteiger partial charge in [-0.25, -0.2) is 0 Å². The summed E-state index contributed by atoms with van der Waals surface area (Å²) < 4.78 is 0. The molecule has 0 atom stereocenters. The summed E-state index contributed by atoms with van der Waals surface area (Å²) in [5, 5.41) is 0. The summed E-state index contributed by atoms with van der Waals surface area (Å²) in [6.45, 7) is 7.47. The minimum absolute atomic E-state index is 0.784. The van der Waals surface area contributed by atoms with E-state index in [1.807, 2.05) is 42.6 Å². The molecule has 0 unspecified atom stereocenters. The molecule has 1 aromatic carbocycles. The quantitative estimate of drug-likeness (QED) is 0.487. The predicted octanol–water partition coefficient (Wildman–Crippen LogP) is 3.30. The molecular weight excluding hydrogens is 158 g/mol. The molecule has 1 aromatic rings. The van der Waals surface area contributed by atoms with Gasteiger partial charge in [-0.05, 0) is 5.56 Å². The molecule has 0 aliphatic carbocycles. The zero-order chi connectivity index (χ0) is 9.52. The van der Waals surface area contributed by atoms with E-state index in [0.29, 0.717) is 0 Å². The maximum absolute atomic E-state index is 4.19. The lowest BCUT2D eigenvalue weighted by Gasteiger charge is -1.97. The lowest BCUT2D eigenvalue weighted by molar-refractivity contribution is 1.47. The van der Waals surface area contributed by atoms with Crippen LogP contribution in [0.15, 0.2) is 54.6 Å². The van der Waals surface area contributed by atoms with Gasteiger partial charge in [0.25, 0.3) is 0 Å². The summed E-state index contributed by atoms with van der Waals surface area (Å²) in [5.74, 6) is 0. The summed E-state index contributed by atoms with van der Waals surface area (Å²) in [5.41, 5.74) is 1.85. The van der Waals surface area contributed by atoms with Gasteiger partial charge < -0.3 is 0 Å². The molecule has 0 amide bonds. The molecule has 0 radical (unpaired) electrons. The van der Waals surface area contributed by atoms with Crippen molar-refractivity contribution < 1.29 is 0 Å². The van der Waals surface area contributed by atoms with E-state index in [0.717, 1.165) is 17.7 Å². The summed E-state index contributed by atoms with van der Waals surface area (Å²) in [6.07, 6.45) is 4.40. The topological polar surface area (TPSA) is 12.4 Å². The normalized spacial score (nSPS) is 10.2. The van der Waals surface area contributed by atoms with Gasteiger partial charge in [0.05, 0.1) is 5.70 Å². The van der Waals surface area contributed by atoms with Crippen molar-refractivity contribution in [2.24, 2.45) is 4.99 Å². The highest BCUT2D eigenvalue weighted by Gasteiger charge is 1.91. The predicted molar refractivity (Wildman–Crippen MR) is 58.8 cm³/mol. The molecule has 0 aliphatic rings. The van der Waals surface area contributed by atoms with E-state index in [1.165, 1.54) is 0 Å². The molecule has 1 nitrogen and oxygen atoms in total. The van der Waals surface area contributed by atoms with Crippen LogP contribution in [0.4, 0.5) is 0 Å². The molecule has 0 spiro atoms. The van der Waals surface area contributed by atoms with Gasteiger partial charge in [-0.15, -0.1) is 6.58 Å². The maximum atomic E-state index is 4.19. The molecule has 0 saturated carbocycles. The highest BCUT2D eigenvalue weighted by atomic mass is 14.7. The number of allylic oxidation sites excluding steroid dienone is 1. The second kappa shape index (κ2) is 5.09. The van der Waals surface area contributed by atoms with E-state index in [9.17, 15) is 0 Å². The molecule has 0 fully saturated rings. The number of benzene rings is 1. The molecule has 0 heterocycles. The van der Waals surface area contributed by atoms with Crippen LogP contribution in [0.25, 0.3) is 5.70 Å². The fourth-order valence-corrected chi connectivity index (χ4v) is 0.943. The summed E-state index contributed by atoms with van der Waals surface area (Å²) in [6, 6.07) is 9.92. The molecule has 0 saturated heterocycles. The molecule has 0 bridgehead atoms. The van der Waals surface area contributed by atoms with E-state index in [1.54, 1.807) is 0 Å². The van der Waals surface area contributed by atoms with Crippen LogP contribution in [0.5, 0.6) is 0 Å². The fourth-order valence-electron chi connectivity index (χ4n) is 0.943. The Kier molecular flexibility index (Phi) is 3.71. The minimum atomic E-state index is 0.784. The lowest BCUT2D eigenvalue weighted by Crippen LogP contribution is -1.78. The van der Waals surface area contributed by atoms with Crippen LogP contribution in [-0.2, 0) is 0 Å². The van der Waals surface area contributed by atoms with Crippen LogP contribution >= 0.6 is 0 Å². The first-order valence-electron chi connectivity index (χ1n) is 4.22. The third-order valence-corrected chi connectivity index (χ3v) is 1.63. The Hall–Kier alpha value is -1.63. The second-order valence-corrected chi connectivity index (χ2v) is 2.65. The molecule has 0 aliphatic heterocycles. The van der Waals surface area contributed by atoms with Gasteiger partial charge in [-0.1, -0.05) is 43.0 Å². The van der Waals surface area contributed by atoms with E-state index >= 15 is 0 Å². The third-order valence-electron chi connectivity index (χ3n) is 1.63. The summed E-state index contributed by atoms with van der Waals surface area (Å²) in [4.78, 5) is 4.19. The van der Waals surface area contributed by atoms with Crippen LogP contribution in [-0.4, -0.2) is 6.21 Å². The molecule has 1 heteroatoms. The molecule has 1 rings (SSSR count). The summed E-state index contributed by atoms with van der Waals surface area (Å²) >= 11 is 0. The van der Waals surface area contributed by atoms with E-state index < -0.39 is 0 Å². The highest BCUT2D eigenvalue weighted by Crippen LogP contribution is 2.11. The number of nitrogens with zero attached hydrogens (tertiary/aromatic N) is 1. The number of hydrogen-bond donors (Lipinski definition) is 0. The Morgan fingerprint density at radius 2 is 2.00 bits per heavy atom. The first-order valence-corrected chi connectivity index (χ1v) is 4.22. The molecule has 66 valence electrons. The van der Waals surface area contributed by atoms with Crippen LogP contribution < -0.4 is 0 Å². The Labute approximate surface area is 79.1 Å². The largest absolute Gasteiger partial charge is 0.261 e. The molecule has 0 aromatic heterocycles. The Bertz CT molecular complexity index is 309. The highest BCUT2D eigenvalue weighted by molar-refractivity contribution is 5.73. The van der Waals surface area contributed by atoms with Crippen molar-refractivity contribution in [3.8, 4) is 0 Å². The first-order chi connectivity index (χ1) is 6.34. The second-order valence-electron chi connectivity index (χ2n) is 2.65. The Balaban J connectivity index is 2.64. The first kappa shape index (κ1) is 9.46. The van der Waals surface area contributed by atoms with E-state index in [-0.39, 0.29) is 0 Å². The van der Waals surface area contributed by atoms with Gasteiger partial charge in [0, 0.05) is 12.6 Å². The number of aliphatic imine (C=N–C) groups is 1. The molecular formula is C12H13N. The van der Waals surface area contributed by atoms with Crippen LogP contribution in [0.3, 0.4) is 0 Å². The van der Waals surface area contributed by atoms with Crippen molar-refractivity contribution in [3.05, 3.63) is 55.1 Å². The van der Waals surface area contributed by atoms with E-state index in [2.05, 4.69) is 18.2 Å². The standard InChI is InChI=1S/C12H13N/c1-3-4-10-13-11(2)12-8-6-5-7-9-12/h3,5-10H,1-2,4H2. The average molecular weight is 171 g/mol. The Morgan fingerprint density at radius 1 is 1.31 bits per heavy atom. The average Bonchev–Trinajstić information content (AvgIpc) is 2.19. The van der Waals surface area contributed by atoms with E-state index in [4.69, 9.17) is 0 Å². The van der Waals surface area contributed by atoms with Gasteiger partial charge in [0.1, 0.15) is 0 Å². The van der Waals surface area contributed by atoms with Crippen LogP contribution in [0, 0.1) is 0 Å².